The van der Waals surface area contributed by atoms with Crippen LogP contribution in [0.25, 0.3) is 0 Å². The number of halogens is 1. The van der Waals surface area contributed by atoms with Gasteiger partial charge in [0.2, 0.25) is 5.88 Å². The summed E-state index contributed by atoms with van der Waals surface area (Å²) in [5.41, 5.74) is 3.36. The van der Waals surface area contributed by atoms with E-state index in [-0.39, 0.29) is 23.5 Å². The Morgan fingerprint density at radius 3 is 2.34 bits per heavy atom. The third kappa shape index (κ3) is 5.40. The van der Waals surface area contributed by atoms with Crippen LogP contribution in [0.1, 0.15) is 47.4 Å². The summed E-state index contributed by atoms with van der Waals surface area (Å²) >= 11 is 6.14. The number of carbonyl (C=O) groups is 1. The Kier molecular flexibility index (Phi) is 7.88. The zero-order valence-electron chi connectivity index (χ0n) is 18.1. The number of aromatic nitrogens is 1. The molecule has 2 aromatic rings. The van der Waals surface area contributed by atoms with E-state index < -0.39 is 5.97 Å². The van der Waals surface area contributed by atoms with E-state index in [4.69, 9.17) is 21.1 Å². The minimum Gasteiger partial charge on any atom is -0.465 e. The molecule has 1 aromatic carbocycles. The van der Waals surface area contributed by atoms with E-state index in [0.29, 0.717) is 16.5 Å². The van der Waals surface area contributed by atoms with E-state index >= 15 is 0 Å². The molecule has 2 atom stereocenters. The maximum atomic E-state index is 12.7. The van der Waals surface area contributed by atoms with Gasteiger partial charge in [-0.2, -0.15) is 0 Å². The Morgan fingerprint density at radius 2 is 1.83 bits per heavy atom. The van der Waals surface area contributed by atoms with E-state index in [9.17, 15) is 4.79 Å². The molecule has 0 fully saturated rings. The molecule has 2 rings (SSSR count). The largest absolute Gasteiger partial charge is 0.465 e. The molecule has 0 saturated heterocycles. The van der Waals surface area contributed by atoms with Crippen LogP contribution < -0.4 is 15.4 Å². The second-order valence-electron chi connectivity index (χ2n) is 7.19. The van der Waals surface area contributed by atoms with Crippen LogP contribution in [0.3, 0.4) is 0 Å². The molecule has 0 aliphatic heterocycles. The summed E-state index contributed by atoms with van der Waals surface area (Å²) in [6.07, 6.45) is 0.871. The number of carbonyl (C=O) groups excluding carboxylic acids is 1. The molecule has 0 aliphatic rings. The molecule has 0 bridgehead atoms. The predicted molar refractivity (Wildman–Crippen MR) is 118 cm³/mol. The van der Waals surface area contributed by atoms with Gasteiger partial charge >= 0.3 is 5.97 Å². The van der Waals surface area contributed by atoms with Crippen molar-refractivity contribution in [2.75, 3.05) is 19.5 Å². The minimum atomic E-state index is -0.508. The van der Waals surface area contributed by atoms with Gasteiger partial charge in [0, 0.05) is 22.8 Å². The monoisotopic (exact) mass is 419 g/mol. The molecule has 0 radical (unpaired) electrons. The highest BCUT2D eigenvalue weighted by molar-refractivity contribution is 6.30. The van der Waals surface area contributed by atoms with Gasteiger partial charge in [-0.25, -0.2) is 9.78 Å². The van der Waals surface area contributed by atoms with Crippen molar-refractivity contribution in [3.05, 3.63) is 45.6 Å². The Balaban J connectivity index is 2.58. The molecule has 7 heteroatoms. The van der Waals surface area contributed by atoms with E-state index in [0.717, 1.165) is 23.2 Å². The van der Waals surface area contributed by atoms with E-state index in [2.05, 4.69) is 29.5 Å². The van der Waals surface area contributed by atoms with Gasteiger partial charge in [0.15, 0.2) is 0 Å². The van der Waals surface area contributed by atoms with Crippen molar-refractivity contribution >= 4 is 23.3 Å². The van der Waals surface area contributed by atoms with E-state index in [1.807, 2.05) is 46.0 Å². The number of hydrogen-bond donors (Lipinski definition) is 2. The number of methoxy groups -OCH3 is 1. The number of rotatable bonds is 8. The SMILES string of the molecule is CC[C@H](Nc1cc(C)nc(Oc2c(C)cc(Cl)cc2C)c1C(=O)OC)[C@H](C)NC. The maximum absolute atomic E-state index is 12.7. The normalized spacial score (nSPS) is 13.0. The van der Waals surface area contributed by atoms with Crippen LogP contribution in [0, 0.1) is 20.8 Å². The van der Waals surface area contributed by atoms with Crippen molar-refractivity contribution in [1.29, 1.82) is 0 Å². The third-order valence-electron chi connectivity index (χ3n) is 4.97. The third-order valence-corrected chi connectivity index (χ3v) is 5.19. The summed E-state index contributed by atoms with van der Waals surface area (Å²) in [6, 6.07) is 5.78. The lowest BCUT2D eigenvalue weighted by atomic mass is 10.1. The van der Waals surface area contributed by atoms with Crippen molar-refractivity contribution in [2.24, 2.45) is 0 Å². The lowest BCUT2D eigenvalue weighted by Gasteiger charge is -2.26. The topological polar surface area (TPSA) is 72.5 Å². The molecular formula is C22H30ClN3O3. The average Bonchev–Trinajstić information content (AvgIpc) is 2.67. The highest BCUT2D eigenvalue weighted by atomic mass is 35.5. The van der Waals surface area contributed by atoms with Crippen molar-refractivity contribution in [1.82, 2.24) is 10.3 Å². The van der Waals surface area contributed by atoms with Crippen LogP contribution >= 0.6 is 11.6 Å². The number of hydrogen-bond acceptors (Lipinski definition) is 6. The zero-order valence-corrected chi connectivity index (χ0v) is 18.9. The van der Waals surface area contributed by atoms with Crippen LogP contribution in [-0.4, -0.2) is 37.2 Å². The smallest absolute Gasteiger partial charge is 0.345 e. The van der Waals surface area contributed by atoms with E-state index in [1.165, 1.54) is 7.11 Å². The average molecular weight is 420 g/mol. The molecule has 2 N–H and O–H groups in total. The van der Waals surface area contributed by atoms with Crippen molar-refractivity contribution in [2.45, 2.75) is 53.1 Å². The lowest BCUT2D eigenvalue weighted by molar-refractivity contribution is 0.0598. The number of anilines is 1. The molecule has 29 heavy (non-hydrogen) atoms. The van der Waals surface area contributed by atoms with Crippen LogP contribution in [0.2, 0.25) is 5.02 Å². The Hall–Kier alpha value is -2.31. The molecule has 0 saturated carbocycles. The summed E-state index contributed by atoms with van der Waals surface area (Å²) in [6.45, 7) is 9.86. The summed E-state index contributed by atoms with van der Waals surface area (Å²) in [5.74, 6) is 0.324. The Bertz CT molecular complexity index is 863. The van der Waals surface area contributed by atoms with Crippen LogP contribution in [0.15, 0.2) is 18.2 Å². The predicted octanol–water partition coefficient (Wildman–Crippen LogP) is 5.04. The highest BCUT2D eigenvalue weighted by Crippen LogP contribution is 2.35. The fraction of sp³-hybridized carbons (Fsp3) is 0.455. The number of esters is 1. The summed E-state index contributed by atoms with van der Waals surface area (Å²) in [5, 5.41) is 7.35. The van der Waals surface area contributed by atoms with Crippen LogP contribution in [0.4, 0.5) is 5.69 Å². The van der Waals surface area contributed by atoms with Gasteiger partial charge in [0.05, 0.1) is 12.8 Å². The first kappa shape index (κ1) is 23.0. The van der Waals surface area contributed by atoms with Gasteiger partial charge in [-0.1, -0.05) is 18.5 Å². The first-order valence-corrected chi connectivity index (χ1v) is 10.1. The van der Waals surface area contributed by atoms with Gasteiger partial charge < -0.3 is 20.1 Å². The molecular weight excluding hydrogens is 390 g/mol. The van der Waals surface area contributed by atoms with Crippen LogP contribution in [-0.2, 0) is 4.74 Å². The summed E-state index contributed by atoms with van der Waals surface area (Å²) in [7, 11) is 3.26. The van der Waals surface area contributed by atoms with Gasteiger partial charge in [-0.05, 0) is 70.5 Å². The van der Waals surface area contributed by atoms with Crippen LogP contribution in [0.5, 0.6) is 11.6 Å². The molecule has 158 valence electrons. The summed E-state index contributed by atoms with van der Waals surface area (Å²) < 4.78 is 11.2. The number of likely N-dealkylation sites (N-methyl/N-ethyl adjacent to an activating group) is 1. The molecule has 0 spiro atoms. The number of nitrogens with zero attached hydrogens (tertiary/aromatic N) is 1. The Morgan fingerprint density at radius 1 is 1.21 bits per heavy atom. The number of benzene rings is 1. The number of aryl methyl sites for hydroxylation is 3. The number of nitrogens with one attached hydrogen (secondary N) is 2. The fourth-order valence-electron chi connectivity index (χ4n) is 3.27. The quantitative estimate of drug-likeness (QED) is 0.584. The van der Waals surface area contributed by atoms with Gasteiger partial charge in [0.25, 0.3) is 0 Å². The maximum Gasteiger partial charge on any atom is 0.345 e. The molecule has 6 nitrogen and oxygen atoms in total. The minimum absolute atomic E-state index is 0.108. The van der Waals surface area contributed by atoms with Crippen molar-refractivity contribution in [3.63, 3.8) is 0 Å². The molecule has 1 aromatic heterocycles. The van der Waals surface area contributed by atoms with Crippen molar-refractivity contribution < 1.29 is 14.3 Å². The Labute approximate surface area is 178 Å². The van der Waals surface area contributed by atoms with Gasteiger partial charge in [-0.3, -0.25) is 0 Å². The fourth-order valence-corrected chi connectivity index (χ4v) is 3.60. The molecule has 0 aliphatic carbocycles. The summed E-state index contributed by atoms with van der Waals surface area (Å²) in [4.78, 5) is 17.2. The molecule has 0 unspecified atom stereocenters. The highest BCUT2D eigenvalue weighted by Gasteiger charge is 2.25. The zero-order chi connectivity index (χ0) is 21.7. The second-order valence-corrected chi connectivity index (χ2v) is 7.63. The van der Waals surface area contributed by atoms with E-state index in [1.54, 1.807) is 0 Å². The second kappa shape index (κ2) is 9.94. The van der Waals surface area contributed by atoms with Gasteiger partial charge in [-0.15, -0.1) is 0 Å². The molecule has 1 heterocycles. The van der Waals surface area contributed by atoms with Gasteiger partial charge in [0.1, 0.15) is 11.3 Å². The number of ether oxygens (including phenoxy) is 2. The molecule has 0 amide bonds. The first-order valence-electron chi connectivity index (χ1n) is 9.70. The van der Waals surface area contributed by atoms with Crippen molar-refractivity contribution in [3.8, 4) is 11.6 Å². The first-order chi connectivity index (χ1) is 13.7. The number of pyridine rings is 1. The lowest BCUT2D eigenvalue weighted by Crippen LogP contribution is -2.40. The standard InChI is InChI=1S/C22H30ClN3O3/c1-8-17(15(5)24-6)26-18-11-14(4)25-21(19(18)22(27)28-7)29-20-12(2)9-16(23)10-13(20)3/h9-11,15,17,24H,8H2,1-7H3,(H,25,26)/t15-,17-/m0/s1.